The monoisotopic (exact) mass is 868 g/mol. The first-order chi connectivity index (χ1) is 24.5. The van der Waals surface area contributed by atoms with Crippen LogP contribution >= 0.6 is 47.2 Å². The zero-order valence-electron chi connectivity index (χ0n) is 30.3. The molecule has 4 aromatic heterocycles. The highest BCUT2D eigenvalue weighted by molar-refractivity contribution is 6.78. The van der Waals surface area contributed by atoms with Crippen molar-refractivity contribution in [3.8, 4) is 22.3 Å². The summed E-state index contributed by atoms with van der Waals surface area (Å²) in [6.07, 6.45) is 6.01. The average molecular weight is 871 g/mol. The molecule has 4 heterocycles. The summed E-state index contributed by atoms with van der Waals surface area (Å²) in [5.74, 6) is -5.51. The first-order valence-electron chi connectivity index (χ1n) is 16.0. The van der Waals surface area contributed by atoms with E-state index < -0.39 is 62.2 Å². The van der Waals surface area contributed by atoms with Crippen LogP contribution in [0.2, 0.25) is 54.7 Å². The van der Waals surface area contributed by atoms with Crippen molar-refractivity contribution in [2.75, 3.05) is 5.32 Å². The lowest BCUT2D eigenvalue weighted by Gasteiger charge is -2.28. The highest BCUT2D eigenvalue weighted by Crippen LogP contribution is 2.39. The van der Waals surface area contributed by atoms with E-state index in [4.69, 9.17) is 40.5 Å². The molecule has 0 aliphatic heterocycles. The van der Waals surface area contributed by atoms with Crippen molar-refractivity contribution in [1.82, 2.24) is 28.7 Å². The van der Waals surface area contributed by atoms with Gasteiger partial charge in [0.05, 0.1) is 38.4 Å². The van der Waals surface area contributed by atoms with Gasteiger partial charge >= 0.3 is 0 Å². The van der Waals surface area contributed by atoms with Crippen molar-refractivity contribution >= 4 is 80.7 Å². The third-order valence-corrected chi connectivity index (χ3v) is 14.9. The number of aromatic nitrogens is 6. The van der Waals surface area contributed by atoms with Crippen LogP contribution in [-0.2, 0) is 0 Å². The van der Waals surface area contributed by atoms with Gasteiger partial charge in [0, 0.05) is 54.7 Å². The zero-order valence-corrected chi connectivity index (χ0v) is 35.4. The van der Waals surface area contributed by atoms with Gasteiger partial charge in [0.2, 0.25) is 11.6 Å². The number of imidazole rings is 2. The highest BCUT2D eigenvalue weighted by Gasteiger charge is 2.28. The molecule has 0 bridgehead atoms. The third-order valence-electron chi connectivity index (χ3n) is 8.48. The number of halogens is 10. The summed E-state index contributed by atoms with van der Waals surface area (Å²) in [5.41, 5.74) is 5.04. The minimum Gasteiger partial charge on any atom is -0.371 e. The van der Waals surface area contributed by atoms with E-state index >= 15 is 0 Å². The Balaban J connectivity index is 0.000000248. The average Bonchev–Trinajstić information content (AvgIpc) is 3.68. The molecule has 8 nitrogen and oxygen atoms in total. The summed E-state index contributed by atoms with van der Waals surface area (Å²) in [7, 11) is -2.60. The fraction of sp³-hybridized carbons (Fsp3) is 0.294. The summed E-state index contributed by atoms with van der Waals surface area (Å²) in [4.78, 5) is 16.0. The van der Waals surface area contributed by atoms with E-state index in [0.717, 1.165) is 0 Å². The number of nitrogens with two attached hydrogens (primary N) is 1. The Hall–Kier alpha value is -3.39. The van der Waals surface area contributed by atoms with Crippen LogP contribution in [0, 0.1) is 34.9 Å². The SMILES string of the molecule is CC(N)[Si](C)(C)C.CC(Nc1c(-c2c(F)cc(F)cc2F)c(Cl)nc2nccn12)[Si](C)(C)C.Cl.Fc1cc(F)c(-c2c(Cl)nc3nccn3c2Cl)c(F)c1. The summed E-state index contributed by atoms with van der Waals surface area (Å²) in [6, 6.07) is 2.34. The van der Waals surface area contributed by atoms with E-state index in [-0.39, 0.29) is 50.4 Å². The van der Waals surface area contributed by atoms with Crippen molar-refractivity contribution in [2.24, 2.45) is 5.73 Å². The number of benzene rings is 2. The van der Waals surface area contributed by atoms with Gasteiger partial charge in [-0.15, -0.1) is 12.4 Å². The maximum atomic E-state index is 14.4. The largest absolute Gasteiger partial charge is 0.371 e. The maximum absolute atomic E-state index is 14.4. The minimum absolute atomic E-state index is 0. The molecule has 292 valence electrons. The lowest BCUT2D eigenvalue weighted by molar-refractivity contribution is 0.546. The predicted molar refractivity (Wildman–Crippen MR) is 212 cm³/mol. The van der Waals surface area contributed by atoms with Gasteiger partial charge in [-0.05, 0) is 12.6 Å². The van der Waals surface area contributed by atoms with E-state index in [1.807, 2.05) is 6.92 Å². The molecule has 0 saturated heterocycles. The molecule has 0 aliphatic rings. The maximum Gasteiger partial charge on any atom is 0.236 e. The van der Waals surface area contributed by atoms with E-state index in [0.29, 0.717) is 41.5 Å². The van der Waals surface area contributed by atoms with Crippen LogP contribution < -0.4 is 11.1 Å². The van der Waals surface area contributed by atoms with E-state index in [1.165, 1.54) is 23.0 Å². The second-order valence-electron chi connectivity index (χ2n) is 14.3. The molecule has 0 radical (unpaired) electrons. The van der Waals surface area contributed by atoms with Crippen molar-refractivity contribution in [1.29, 1.82) is 0 Å². The molecule has 0 fully saturated rings. The minimum atomic E-state index is -1.64. The molecular weight excluding hydrogens is 832 g/mol. The van der Waals surface area contributed by atoms with E-state index in [2.05, 4.69) is 71.5 Å². The fourth-order valence-corrected chi connectivity index (χ4v) is 5.80. The van der Waals surface area contributed by atoms with Gasteiger partial charge in [-0.3, -0.25) is 8.80 Å². The summed E-state index contributed by atoms with van der Waals surface area (Å²) in [5, 5.41) is 2.92. The molecule has 0 saturated carbocycles. The summed E-state index contributed by atoms with van der Waals surface area (Å²) >= 11 is 18.2. The Labute approximate surface area is 331 Å². The van der Waals surface area contributed by atoms with Crippen molar-refractivity contribution in [3.63, 3.8) is 0 Å². The molecule has 0 aliphatic carbocycles. The molecule has 20 heteroatoms. The molecule has 2 atom stereocenters. The number of nitrogens with one attached hydrogen (secondary N) is 1. The predicted octanol–water partition coefficient (Wildman–Crippen LogP) is 10.9. The Kier molecular flexibility index (Phi) is 14.7. The van der Waals surface area contributed by atoms with Crippen LogP contribution in [0.15, 0.2) is 49.1 Å². The van der Waals surface area contributed by atoms with Crippen LogP contribution in [0.1, 0.15) is 13.8 Å². The van der Waals surface area contributed by atoms with Gasteiger partial charge < -0.3 is 11.1 Å². The number of hydrogen-bond acceptors (Lipinski definition) is 6. The number of rotatable bonds is 6. The Morgan fingerprint density at radius 3 is 1.41 bits per heavy atom. The summed E-state index contributed by atoms with van der Waals surface area (Å²) in [6.45, 7) is 17.4. The lowest BCUT2D eigenvalue weighted by Crippen LogP contribution is -2.42. The molecule has 6 rings (SSSR count). The van der Waals surface area contributed by atoms with Gasteiger partial charge in [0.25, 0.3) is 0 Å². The van der Waals surface area contributed by atoms with Gasteiger partial charge in [-0.2, -0.15) is 9.97 Å². The Morgan fingerprint density at radius 2 is 1.00 bits per heavy atom. The van der Waals surface area contributed by atoms with Crippen LogP contribution in [0.4, 0.5) is 32.2 Å². The zero-order chi connectivity index (χ0) is 39.7. The van der Waals surface area contributed by atoms with Gasteiger partial charge in [-0.25, -0.2) is 36.3 Å². The topological polar surface area (TPSA) is 98.4 Å². The molecular formula is C34H38Cl4F6N8Si2. The second kappa shape index (κ2) is 17.6. The number of fused-ring (bicyclic) bond motifs is 2. The van der Waals surface area contributed by atoms with Crippen molar-refractivity contribution < 1.29 is 26.3 Å². The molecule has 2 aromatic carbocycles. The van der Waals surface area contributed by atoms with Crippen LogP contribution in [-0.4, -0.2) is 56.2 Å². The van der Waals surface area contributed by atoms with Crippen molar-refractivity contribution in [2.45, 2.75) is 64.5 Å². The molecule has 0 spiro atoms. The number of anilines is 1. The van der Waals surface area contributed by atoms with Gasteiger partial charge in [0.1, 0.15) is 56.2 Å². The van der Waals surface area contributed by atoms with Gasteiger partial charge in [0.15, 0.2) is 0 Å². The first-order valence-corrected chi connectivity index (χ1v) is 24.3. The normalized spacial score (nSPS) is 12.7. The summed E-state index contributed by atoms with van der Waals surface area (Å²) < 4.78 is 85.7. The highest BCUT2D eigenvalue weighted by atomic mass is 35.5. The lowest BCUT2D eigenvalue weighted by atomic mass is 10.1. The standard InChI is InChI=1S/C17H18ClF3N4Si.C12H4Cl2F3N3.C5H15NSi.ClH/c1-9(26(2,3)4)23-16-14(13-11(20)7-10(19)8-12(13)21)15(18)24-17-22-5-6-25(16)17;13-10-9(8-6(16)3-5(15)4-7(8)17)11(14)20-2-1-18-12(20)19-10;1-5(6)7(2,3)4;/h5-9,23H,1-4H3;1-4H;5H,6H2,1-4H3;1H. The van der Waals surface area contributed by atoms with Gasteiger partial charge in [-0.1, -0.05) is 81.0 Å². The third kappa shape index (κ3) is 10.1. The van der Waals surface area contributed by atoms with E-state index in [9.17, 15) is 26.3 Å². The second-order valence-corrected chi connectivity index (χ2v) is 26.6. The molecule has 6 aromatic rings. The Bertz CT molecular complexity index is 2230. The number of nitrogens with zero attached hydrogens (tertiary/aromatic N) is 6. The van der Waals surface area contributed by atoms with Crippen LogP contribution in [0.25, 0.3) is 33.8 Å². The van der Waals surface area contributed by atoms with Crippen LogP contribution in [0.5, 0.6) is 0 Å². The smallest absolute Gasteiger partial charge is 0.236 e. The van der Waals surface area contributed by atoms with E-state index in [1.54, 1.807) is 10.6 Å². The molecule has 2 unspecified atom stereocenters. The molecule has 0 amide bonds. The van der Waals surface area contributed by atoms with Crippen LogP contribution in [0.3, 0.4) is 0 Å². The first kappa shape index (κ1) is 45.0. The Morgan fingerprint density at radius 1 is 0.630 bits per heavy atom. The molecule has 3 N–H and O–H groups in total. The number of hydrogen-bond donors (Lipinski definition) is 2. The van der Waals surface area contributed by atoms with Crippen molar-refractivity contribution in [3.05, 3.63) is 99.4 Å². The molecule has 54 heavy (non-hydrogen) atoms. The quantitative estimate of drug-likeness (QED) is 0.0983. The fourth-order valence-electron chi connectivity index (χ4n) is 4.35.